The zero-order chi connectivity index (χ0) is 18.5. The van der Waals surface area contributed by atoms with Gasteiger partial charge >= 0.3 is 0 Å². The number of anilines is 1. The predicted molar refractivity (Wildman–Crippen MR) is 98.1 cm³/mol. The van der Waals surface area contributed by atoms with E-state index in [0.29, 0.717) is 22.0 Å². The minimum absolute atomic E-state index is 0.222. The molecule has 0 unspecified atom stereocenters. The van der Waals surface area contributed by atoms with Gasteiger partial charge in [0.05, 0.1) is 35.4 Å². The highest BCUT2D eigenvalue weighted by Crippen LogP contribution is 2.60. The lowest BCUT2D eigenvalue weighted by molar-refractivity contribution is -0.123. The van der Waals surface area contributed by atoms with Gasteiger partial charge in [-0.25, -0.2) is 4.90 Å². The van der Waals surface area contributed by atoms with Gasteiger partial charge in [0, 0.05) is 5.41 Å². The summed E-state index contributed by atoms with van der Waals surface area (Å²) in [5.74, 6) is -0.336. The highest BCUT2D eigenvalue weighted by Gasteiger charge is 2.62. The summed E-state index contributed by atoms with van der Waals surface area (Å²) in [6.07, 6.45) is 3.34. The van der Waals surface area contributed by atoms with Crippen molar-refractivity contribution >= 4 is 29.3 Å². The summed E-state index contributed by atoms with van der Waals surface area (Å²) in [5, 5.41) is 9.52. The fourth-order valence-electron chi connectivity index (χ4n) is 4.61. The van der Waals surface area contributed by atoms with Gasteiger partial charge in [-0.3, -0.25) is 9.59 Å². The number of rotatable bonds is 2. The Hall–Kier alpha value is -2.46. The molecule has 4 rings (SSSR count). The van der Waals surface area contributed by atoms with Gasteiger partial charge in [-0.2, -0.15) is 5.26 Å². The summed E-state index contributed by atoms with van der Waals surface area (Å²) in [4.78, 5) is 27.7. The predicted octanol–water partition coefficient (Wildman–Crippen LogP) is 2.55. The van der Waals surface area contributed by atoms with Crippen LogP contribution in [0, 0.1) is 22.7 Å². The van der Waals surface area contributed by atoms with Crippen LogP contribution in [0.5, 0.6) is 5.75 Å². The van der Waals surface area contributed by atoms with Crippen molar-refractivity contribution in [1.29, 1.82) is 5.26 Å². The molecule has 2 aliphatic heterocycles. The molecule has 2 amide bonds. The summed E-state index contributed by atoms with van der Waals surface area (Å²) in [6.45, 7) is 0. The van der Waals surface area contributed by atoms with Crippen molar-refractivity contribution < 1.29 is 14.3 Å². The number of benzene rings is 1. The van der Waals surface area contributed by atoms with E-state index in [1.807, 2.05) is 0 Å². The Morgan fingerprint density at radius 3 is 2.46 bits per heavy atom. The van der Waals surface area contributed by atoms with Gasteiger partial charge in [-0.15, -0.1) is 0 Å². The van der Waals surface area contributed by atoms with Crippen LogP contribution in [0.4, 0.5) is 5.69 Å². The van der Waals surface area contributed by atoms with E-state index in [1.54, 1.807) is 31.4 Å². The Morgan fingerprint density at radius 2 is 1.88 bits per heavy atom. The maximum Gasteiger partial charge on any atom is 0.248 e. The van der Waals surface area contributed by atoms with Crippen molar-refractivity contribution in [3.05, 3.63) is 34.9 Å². The lowest BCUT2D eigenvalue weighted by Gasteiger charge is -2.39. The monoisotopic (exact) mass is 369 g/mol. The second-order valence-corrected chi connectivity index (χ2v) is 8.12. The molecule has 1 spiro atoms. The Morgan fingerprint density at radius 1 is 1.23 bits per heavy atom. The lowest BCUT2D eigenvalue weighted by atomic mass is 9.67. The molecule has 3 aliphatic rings. The van der Waals surface area contributed by atoms with E-state index in [9.17, 15) is 14.9 Å². The van der Waals surface area contributed by atoms with Gasteiger partial charge < -0.3 is 10.5 Å². The largest absolute Gasteiger partial charge is 0.497 e. The van der Waals surface area contributed by atoms with Crippen LogP contribution in [0.2, 0.25) is 0 Å². The van der Waals surface area contributed by atoms with Crippen molar-refractivity contribution in [2.75, 3.05) is 12.0 Å². The van der Waals surface area contributed by atoms with E-state index in [4.69, 9.17) is 10.5 Å². The number of thioether (sulfide) groups is 1. The van der Waals surface area contributed by atoms with Crippen LogP contribution >= 0.6 is 11.8 Å². The van der Waals surface area contributed by atoms with Crippen molar-refractivity contribution in [2.45, 2.75) is 30.9 Å². The van der Waals surface area contributed by atoms with Crippen LogP contribution in [0.3, 0.4) is 0 Å². The van der Waals surface area contributed by atoms with Gasteiger partial charge in [0.1, 0.15) is 11.0 Å². The molecule has 1 aromatic carbocycles. The van der Waals surface area contributed by atoms with Gasteiger partial charge in [0.2, 0.25) is 11.8 Å². The van der Waals surface area contributed by atoms with Crippen LogP contribution in [0.15, 0.2) is 34.9 Å². The molecule has 1 saturated carbocycles. The smallest absolute Gasteiger partial charge is 0.248 e. The van der Waals surface area contributed by atoms with Crippen LogP contribution in [-0.2, 0) is 9.59 Å². The van der Waals surface area contributed by atoms with Gasteiger partial charge in [-0.1, -0.05) is 24.6 Å². The molecule has 0 radical (unpaired) electrons. The first-order chi connectivity index (χ1) is 12.5. The number of fused-ring (bicyclic) bond motifs is 2. The number of ether oxygens (including phenoxy) is 1. The zero-order valence-electron chi connectivity index (χ0n) is 14.4. The molecule has 0 aromatic heterocycles. The maximum absolute atomic E-state index is 13.3. The molecular weight excluding hydrogens is 350 g/mol. The second-order valence-electron chi connectivity index (χ2n) is 6.94. The fraction of sp³-hybridized carbons (Fsp3) is 0.421. The van der Waals surface area contributed by atoms with E-state index in [0.717, 1.165) is 25.7 Å². The van der Waals surface area contributed by atoms with Crippen molar-refractivity contribution in [1.82, 2.24) is 0 Å². The third-order valence-electron chi connectivity index (χ3n) is 5.78. The first-order valence-electron chi connectivity index (χ1n) is 8.62. The highest BCUT2D eigenvalue weighted by atomic mass is 32.2. The molecular formula is C19H19N3O3S. The first-order valence-corrected chi connectivity index (χ1v) is 9.50. The van der Waals surface area contributed by atoms with E-state index in [1.165, 1.54) is 16.7 Å². The number of nitriles is 1. The number of carbonyl (C=O) groups is 2. The fourth-order valence-corrected chi connectivity index (χ4v) is 5.97. The Balaban J connectivity index is 1.78. The molecule has 2 heterocycles. The van der Waals surface area contributed by atoms with E-state index < -0.39 is 16.6 Å². The zero-order valence-corrected chi connectivity index (χ0v) is 15.2. The van der Waals surface area contributed by atoms with Crippen LogP contribution < -0.4 is 15.4 Å². The molecule has 2 fully saturated rings. The topological polar surface area (TPSA) is 96.4 Å². The number of methoxy groups -OCH3 is 1. The van der Waals surface area contributed by atoms with E-state index >= 15 is 0 Å². The number of hydrogen-bond acceptors (Lipinski definition) is 6. The summed E-state index contributed by atoms with van der Waals surface area (Å²) in [6, 6.07) is 9.11. The Labute approximate surface area is 156 Å². The number of hydrogen-bond donors (Lipinski definition) is 1. The number of nitrogens with zero attached hydrogens (tertiary/aromatic N) is 2. The molecule has 1 aromatic rings. The van der Waals surface area contributed by atoms with Crippen LogP contribution in [0.25, 0.3) is 0 Å². The van der Waals surface area contributed by atoms with E-state index in [-0.39, 0.29) is 11.8 Å². The van der Waals surface area contributed by atoms with Crippen molar-refractivity contribution in [2.24, 2.45) is 17.1 Å². The molecule has 0 bridgehead atoms. The molecule has 1 aliphatic carbocycles. The quantitative estimate of drug-likeness (QED) is 0.805. The number of imide groups is 1. The minimum Gasteiger partial charge on any atom is -0.497 e. The van der Waals surface area contributed by atoms with Crippen molar-refractivity contribution in [3.63, 3.8) is 0 Å². The summed E-state index contributed by atoms with van der Waals surface area (Å²) in [5.41, 5.74) is 6.58. The highest BCUT2D eigenvalue weighted by molar-refractivity contribution is 8.04. The van der Waals surface area contributed by atoms with Gasteiger partial charge in [0.25, 0.3) is 0 Å². The summed E-state index contributed by atoms with van der Waals surface area (Å²) < 4.78 is 5.15. The Kier molecular flexibility index (Phi) is 3.96. The van der Waals surface area contributed by atoms with Crippen molar-refractivity contribution in [3.8, 4) is 11.8 Å². The molecule has 7 heteroatoms. The molecule has 2 atom stereocenters. The number of nitrogens with two attached hydrogens (primary N) is 1. The molecule has 26 heavy (non-hydrogen) atoms. The SMILES string of the molecule is COc1ccc(N2C(=O)[C@H]3SC(N)=C(C#N)C4(CCCC4)[C@H]3C2=O)cc1. The van der Waals surface area contributed by atoms with Gasteiger partial charge in [0.15, 0.2) is 0 Å². The minimum atomic E-state index is -0.595. The number of allylic oxidation sites excluding steroid dienone is 1. The average Bonchev–Trinajstić information content (AvgIpc) is 3.20. The molecule has 1 saturated heterocycles. The summed E-state index contributed by atoms with van der Waals surface area (Å²) >= 11 is 1.17. The maximum atomic E-state index is 13.3. The standard InChI is InChI=1S/C19H19N3O3S/c1-25-12-6-4-11(5-7-12)22-17(23)14-15(18(22)24)26-16(21)13(10-20)19(14)8-2-3-9-19/h4-7,14-15H,2-3,8-9,21H2,1H3/t14-,15+/m1/s1. The third kappa shape index (κ3) is 2.18. The van der Waals surface area contributed by atoms with E-state index in [2.05, 4.69) is 6.07 Å². The average molecular weight is 369 g/mol. The molecule has 2 N–H and O–H groups in total. The van der Waals surface area contributed by atoms with Gasteiger partial charge in [-0.05, 0) is 37.1 Å². The van der Waals surface area contributed by atoms with Crippen LogP contribution in [0.1, 0.15) is 25.7 Å². The number of carbonyl (C=O) groups excluding carboxylic acids is 2. The number of amides is 2. The molecule has 6 nitrogen and oxygen atoms in total. The normalized spacial score (nSPS) is 27.0. The Bertz CT molecular complexity index is 850. The third-order valence-corrected chi connectivity index (χ3v) is 6.97. The molecule has 134 valence electrons. The lowest BCUT2D eigenvalue weighted by Crippen LogP contribution is -2.43. The first kappa shape index (κ1) is 17.0. The summed E-state index contributed by atoms with van der Waals surface area (Å²) in [7, 11) is 1.56. The second kappa shape index (κ2) is 6.06. The van der Waals surface area contributed by atoms with Crippen LogP contribution in [-0.4, -0.2) is 24.2 Å².